The molecule has 2 unspecified atom stereocenters. The van der Waals surface area contributed by atoms with Crippen molar-refractivity contribution >= 4 is 11.9 Å². The Morgan fingerprint density at radius 3 is 2.62 bits per heavy atom. The van der Waals surface area contributed by atoms with Gasteiger partial charge in [0, 0.05) is 37.1 Å². The highest BCUT2D eigenvalue weighted by molar-refractivity contribution is 5.79. The summed E-state index contributed by atoms with van der Waals surface area (Å²) in [5.41, 5.74) is 0.248. The molecule has 2 fully saturated rings. The predicted octanol–water partition coefficient (Wildman–Crippen LogP) is 3.05. The fraction of sp³-hybridized carbons (Fsp3) is 0.565. The molecule has 1 aromatic carbocycles. The highest BCUT2D eigenvalue weighted by atomic mass is 16.5. The van der Waals surface area contributed by atoms with E-state index in [1.54, 1.807) is 4.90 Å². The zero-order valence-electron chi connectivity index (χ0n) is 17.3. The molecule has 6 nitrogen and oxygen atoms in total. The van der Waals surface area contributed by atoms with Gasteiger partial charge in [0.2, 0.25) is 0 Å². The minimum Gasteiger partial charge on any atom is -0.484 e. The van der Waals surface area contributed by atoms with Gasteiger partial charge in [-0.1, -0.05) is 44.2 Å². The van der Waals surface area contributed by atoms with Crippen LogP contribution in [0.2, 0.25) is 0 Å². The van der Waals surface area contributed by atoms with Gasteiger partial charge in [-0.2, -0.15) is 0 Å². The van der Waals surface area contributed by atoms with Gasteiger partial charge in [-0.15, -0.1) is 0 Å². The molecule has 29 heavy (non-hydrogen) atoms. The third-order valence-electron chi connectivity index (χ3n) is 6.53. The van der Waals surface area contributed by atoms with E-state index in [0.29, 0.717) is 24.8 Å². The molecular formula is C23H31N3O3. The van der Waals surface area contributed by atoms with E-state index >= 15 is 0 Å². The molecule has 3 amide bonds. The topological polar surface area (TPSA) is 61.9 Å². The number of ether oxygens (including phenoxy) is 1. The highest BCUT2D eigenvalue weighted by Crippen LogP contribution is 2.50. The van der Waals surface area contributed by atoms with Gasteiger partial charge in [0.05, 0.1) is 0 Å². The fourth-order valence-electron chi connectivity index (χ4n) is 5.22. The van der Waals surface area contributed by atoms with Gasteiger partial charge in [0.15, 0.2) is 6.61 Å². The van der Waals surface area contributed by atoms with Crippen LogP contribution in [0, 0.1) is 11.3 Å². The molecule has 1 aromatic rings. The lowest BCUT2D eigenvalue weighted by Gasteiger charge is -2.58. The van der Waals surface area contributed by atoms with Gasteiger partial charge in [-0.05, 0) is 37.3 Å². The van der Waals surface area contributed by atoms with Gasteiger partial charge in [0.1, 0.15) is 5.75 Å². The van der Waals surface area contributed by atoms with Crippen molar-refractivity contribution in [2.75, 3.05) is 26.2 Å². The number of allylic oxidation sites excluding steroid dienone is 2. The number of nitrogens with zero attached hydrogens (tertiary/aromatic N) is 2. The zero-order chi connectivity index (χ0) is 20.4. The van der Waals surface area contributed by atoms with Crippen molar-refractivity contribution in [3.05, 3.63) is 42.5 Å². The average Bonchev–Trinajstić information content (AvgIpc) is 3.35. The van der Waals surface area contributed by atoms with Crippen LogP contribution >= 0.6 is 0 Å². The lowest BCUT2D eigenvalue weighted by Crippen LogP contribution is -2.69. The van der Waals surface area contributed by atoms with Gasteiger partial charge < -0.3 is 19.9 Å². The summed E-state index contributed by atoms with van der Waals surface area (Å²) in [6.45, 7) is 6.47. The molecule has 6 heteroatoms. The second kappa shape index (κ2) is 8.09. The molecular weight excluding hydrogens is 366 g/mol. The van der Waals surface area contributed by atoms with E-state index < -0.39 is 0 Å². The van der Waals surface area contributed by atoms with E-state index in [0.717, 1.165) is 25.8 Å². The van der Waals surface area contributed by atoms with Crippen molar-refractivity contribution < 1.29 is 14.3 Å². The maximum absolute atomic E-state index is 12.9. The molecule has 0 saturated carbocycles. The van der Waals surface area contributed by atoms with E-state index in [1.807, 2.05) is 35.2 Å². The number of likely N-dealkylation sites (tertiary alicyclic amines) is 2. The summed E-state index contributed by atoms with van der Waals surface area (Å²) in [7, 11) is 0. The minimum atomic E-state index is -0.0365. The van der Waals surface area contributed by atoms with Crippen LogP contribution in [0.5, 0.6) is 5.75 Å². The zero-order valence-corrected chi connectivity index (χ0v) is 17.3. The van der Waals surface area contributed by atoms with Crippen LogP contribution in [-0.4, -0.2) is 60.1 Å². The number of carbonyl (C=O) groups excluding carboxylic acids is 2. The molecule has 2 aliphatic heterocycles. The first kappa shape index (κ1) is 19.8. The Bertz CT molecular complexity index is 769. The number of rotatable bonds is 5. The molecule has 1 N–H and O–H groups in total. The first-order chi connectivity index (χ1) is 14.0. The summed E-state index contributed by atoms with van der Waals surface area (Å²) < 4.78 is 5.56. The first-order valence-corrected chi connectivity index (χ1v) is 10.7. The fourth-order valence-corrected chi connectivity index (χ4v) is 5.22. The van der Waals surface area contributed by atoms with Gasteiger partial charge in [0.25, 0.3) is 5.91 Å². The molecule has 0 bridgehead atoms. The molecule has 1 aliphatic carbocycles. The Morgan fingerprint density at radius 2 is 1.93 bits per heavy atom. The number of nitrogens with one attached hydrogen (secondary N) is 1. The Kier molecular flexibility index (Phi) is 5.52. The summed E-state index contributed by atoms with van der Waals surface area (Å²) >= 11 is 0. The number of hydrogen-bond donors (Lipinski definition) is 1. The van der Waals surface area contributed by atoms with Gasteiger partial charge >= 0.3 is 6.03 Å². The number of hydrogen-bond acceptors (Lipinski definition) is 3. The number of benzene rings is 1. The van der Waals surface area contributed by atoms with E-state index in [4.69, 9.17) is 4.74 Å². The SMILES string of the molecule is CC(C)C1N(C(=O)NC2CCN(C(=O)COc3ccccc3)C2)CC12CC=CC2. The van der Waals surface area contributed by atoms with E-state index in [2.05, 4.69) is 31.3 Å². The molecule has 4 rings (SSSR count). The van der Waals surface area contributed by atoms with Gasteiger partial charge in [-0.25, -0.2) is 4.79 Å². The molecule has 1 spiro atoms. The Labute approximate surface area is 172 Å². The van der Waals surface area contributed by atoms with Crippen LogP contribution in [0.1, 0.15) is 33.1 Å². The largest absolute Gasteiger partial charge is 0.484 e. The van der Waals surface area contributed by atoms with E-state index in [1.165, 1.54) is 0 Å². The summed E-state index contributed by atoms with van der Waals surface area (Å²) in [4.78, 5) is 29.1. The lowest BCUT2D eigenvalue weighted by molar-refractivity contribution is -0.132. The van der Waals surface area contributed by atoms with Crippen LogP contribution in [0.25, 0.3) is 0 Å². The highest BCUT2D eigenvalue weighted by Gasteiger charge is 2.55. The normalized spacial score (nSPS) is 24.8. The van der Waals surface area contributed by atoms with Crippen molar-refractivity contribution in [2.24, 2.45) is 11.3 Å². The number of carbonyl (C=O) groups is 2. The summed E-state index contributed by atoms with van der Waals surface area (Å²) in [6, 6.07) is 9.66. The second-order valence-electron chi connectivity index (χ2n) is 8.94. The Balaban J connectivity index is 1.25. The molecule has 3 aliphatic rings. The van der Waals surface area contributed by atoms with Gasteiger partial charge in [-0.3, -0.25) is 4.79 Å². The molecule has 0 aromatic heterocycles. The van der Waals surface area contributed by atoms with Crippen LogP contribution in [0.3, 0.4) is 0 Å². The summed E-state index contributed by atoms with van der Waals surface area (Å²) in [5, 5.41) is 3.16. The van der Waals surface area contributed by atoms with E-state index in [9.17, 15) is 9.59 Å². The van der Waals surface area contributed by atoms with Crippen molar-refractivity contribution in [1.29, 1.82) is 0 Å². The van der Waals surface area contributed by atoms with Crippen molar-refractivity contribution in [3.8, 4) is 5.75 Å². The third-order valence-corrected chi connectivity index (χ3v) is 6.53. The van der Waals surface area contributed by atoms with Crippen LogP contribution < -0.4 is 10.1 Å². The predicted molar refractivity (Wildman–Crippen MR) is 112 cm³/mol. The lowest BCUT2D eigenvalue weighted by atomic mass is 9.65. The number of amides is 3. The first-order valence-electron chi connectivity index (χ1n) is 10.7. The van der Waals surface area contributed by atoms with Crippen LogP contribution in [0.15, 0.2) is 42.5 Å². The molecule has 156 valence electrons. The van der Waals surface area contributed by atoms with Crippen LogP contribution in [0.4, 0.5) is 4.79 Å². The second-order valence-corrected chi connectivity index (χ2v) is 8.94. The Morgan fingerprint density at radius 1 is 1.21 bits per heavy atom. The molecule has 2 saturated heterocycles. The molecule has 0 radical (unpaired) electrons. The molecule has 2 atom stereocenters. The maximum Gasteiger partial charge on any atom is 0.317 e. The van der Waals surface area contributed by atoms with Crippen LogP contribution in [-0.2, 0) is 4.79 Å². The maximum atomic E-state index is 12.9. The standard InChI is InChI=1S/C23H31N3O3/c1-17(2)21-23(11-6-7-12-23)16-26(21)22(28)24-18-10-13-25(14-18)20(27)15-29-19-8-4-3-5-9-19/h3-9,17-18,21H,10-16H2,1-2H3,(H,24,28). The summed E-state index contributed by atoms with van der Waals surface area (Å²) in [6.07, 6.45) is 7.44. The third kappa shape index (κ3) is 3.98. The minimum absolute atomic E-state index is 0.00856. The average molecular weight is 398 g/mol. The molecule has 2 heterocycles. The quantitative estimate of drug-likeness (QED) is 0.777. The smallest absolute Gasteiger partial charge is 0.317 e. The van der Waals surface area contributed by atoms with Crippen molar-refractivity contribution in [3.63, 3.8) is 0 Å². The Hall–Kier alpha value is -2.50. The number of urea groups is 1. The number of para-hydroxylation sites is 1. The monoisotopic (exact) mass is 397 g/mol. The summed E-state index contributed by atoms with van der Waals surface area (Å²) in [5.74, 6) is 1.09. The van der Waals surface area contributed by atoms with Crippen molar-refractivity contribution in [1.82, 2.24) is 15.1 Å². The van der Waals surface area contributed by atoms with E-state index in [-0.39, 0.29) is 36.0 Å². The van der Waals surface area contributed by atoms with Crippen molar-refractivity contribution in [2.45, 2.75) is 45.2 Å².